The second kappa shape index (κ2) is 5.72. The lowest BCUT2D eigenvalue weighted by Crippen LogP contribution is -2.07. The van der Waals surface area contributed by atoms with Crippen LogP contribution in [0, 0.1) is 12.8 Å². The van der Waals surface area contributed by atoms with Crippen LogP contribution in [0.1, 0.15) is 18.7 Å². The molecular weight excluding hydrogens is 264 g/mol. The van der Waals surface area contributed by atoms with Crippen LogP contribution in [0.15, 0.2) is 24.3 Å². The molecule has 18 heavy (non-hydrogen) atoms. The molecule has 0 aliphatic heterocycles. The summed E-state index contributed by atoms with van der Waals surface area (Å²) in [6, 6.07) is 7.83. The highest BCUT2D eigenvalue weighted by molar-refractivity contribution is 7.16. The fourth-order valence-corrected chi connectivity index (χ4v) is 2.70. The van der Waals surface area contributed by atoms with E-state index in [1.54, 1.807) is 11.3 Å². The average molecular weight is 281 g/mol. The minimum atomic E-state index is 0.615. The van der Waals surface area contributed by atoms with E-state index in [2.05, 4.69) is 31.1 Å². The van der Waals surface area contributed by atoms with Crippen molar-refractivity contribution >= 4 is 28.1 Å². The van der Waals surface area contributed by atoms with Gasteiger partial charge in [0.1, 0.15) is 0 Å². The van der Waals surface area contributed by atoms with E-state index in [-0.39, 0.29) is 0 Å². The van der Waals surface area contributed by atoms with Gasteiger partial charge in [-0.3, -0.25) is 0 Å². The molecule has 0 spiro atoms. The lowest BCUT2D eigenvalue weighted by molar-refractivity contribution is 0.688. The Morgan fingerprint density at radius 3 is 2.83 bits per heavy atom. The minimum absolute atomic E-state index is 0.615. The predicted molar refractivity (Wildman–Crippen MR) is 80.6 cm³/mol. The zero-order chi connectivity index (χ0) is 13.1. The van der Waals surface area contributed by atoms with Crippen LogP contribution in [0.3, 0.4) is 0 Å². The molecule has 2 nitrogen and oxygen atoms in total. The predicted octanol–water partition coefficient (Wildman–Crippen LogP) is 4.84. The SMILES string of the molecule is Cc1sc(NCC(C)C)nc1-c1cccc(Cl)c1. The second-order valence-corrected chi connectivity index (χ2v) is 6.35. The quantitative estimate of drug-likeness (QED) is 0.867. The van der Waals surface area contributed by atoms with Crippen LogP contribution in [0.25, 0.3) is 11.3 Å². The maximum Gasteiger partial charge on any atom is 0.183 e. The number of hydrogen-bond acceptors (Lipinski definition) is 3. The Bertz CT molecular complexity index is 534. The third-order valence-corrected chi connectivity index (χ3v) is 3.72. The van der Waals surface area contributed by atoms with Crippen LogP contribution in [-0.2, 0) is 0 Å². The minimum Gasteiger partial charge on any atom is -0.361 e. The number of aromatic nitrogens is 1. The first-order valence-corrected chi connectivity index (χ1v) is 7.23. The van der Waals surface area contributed by atoms with E-state index < -0.39 is 0 Å². The summed E-state index contributed by atoms with van der Waals surface area (Å²) in [5, 5.41) is 5.09. The van der Waals surface area contributed by atoms with Gasteiger partial charge in [-0.15, -0.1) is 11.3 Å². The van der Waals surface area contributed by atoms with Crippen LogP contribution in [-0.4, -0.2) is 11.5 Å². The van der Waals surface area contributed by atoms with Gasteiger partial charge in [0, 0.05) is 22.0 Å². The van der Waals surface area contributed by atoms with Crippen LogP contribution in [0.5, 0.6) is 0 Å². The maximum atomic E-state index is 6.02. The van der Waals surface area contributed by atoms with Gasteiger partial charge >= 0.3 is 0 Å². The normalized spacial score (nSPS) is 10.9. The number of hydrogen-bond donors (Lipinski definition) is 1. The Morgan fingerprint density at radius 2 is 2.17 bits per heavy atom. The van der Waals surface area contributed by atoms with Crippen molar-refractivity contribution in [3.8, 4) is 11.3 Å². The molecule has 1 heterocycles. The van der Waals surface area contributed by atoms with E-state index in [0.29, 0.717) is 5.92 Å². The summed E-state index contributed by atoms with van der Waals surface area (Å²) in [6.45, 7) is 7.41. The van der Waals surface area contributed by atoms with Crippen molar-refractivity contribution in [1.29, 1.82) is 0 Å². The molecule has 96 valence electrons. The topological polar surface area (TPSA) is 24.9 Å². The van der Waals surface area contributed by atoms with Crippen LogP contribution in [0.2, 0.25) is 5.02 Å². The van der Waals surface area contributed by atoms with Crippen LogP contribution >= 0.6 is 22.9 Å². The standard InChI is InChI=1S/C14H17ClN2S/c1-9(2)8-16-14-17-13(10(3)18-14)11-5-4-6-12(15)7-11/h4-7,9H,8H2,1-3H3,(H,16,17). The lowest BCUT2D eigenvalue weighted by Gasteiger charge is -2.04. The summed E-state index contributed by atoms with van der Waals surface area (Å²) >= 11 is 7.71. The van der Waals surface area contributed by atoms with Gasteiger partial charge in [0.05, 0.1) is 5.69 Å². The molecule has 1 aromatic heterocycles. The molecule has 0 unspecified atom stereocenters. The zero-order valence-corrected chi connectivity index (χ0v) is 12.4. The summed E-state index contributed by atoms with van der Waals surface area (Å²) < 4.78 is 0. The van der Waals surface area contributed by atoms with Gasteiger partial charge in [0.15, 0.2) is 5.13 Å². The Morgan fingerprint density at radius 1 is 1.39 bits per heavy atom. The van der Waals surface area contributed by atoms with Crippen molar-refractivity contribution < 1.29 is 0 Å². The summed E-state index contributed by atoms with van der Waals surface area (Å²) in [5.41, 5.74) is 2.10. The molecule has 0 aliphatic rings. The van der Waals surface area contributed by atoms with Crippen molar-refractivity contribution in [3.05, 3.63) is 34.2 Å². The summed E-state index contributed by atoms with van der Waals surface area (Å²) in [5.74, 6) is 0.615. The van der Waals surface area contributed by atoms with E-state index >= 15 is 0 Å². The number of nitrogens with zero attached hydrogens (tertiary/aromatic N) is 1. The summed E-state index contributed by atoms with van der Waals surface area (Å²) in [4.78, 5) is 5.85. The number of aryl methyl sites for hydroxylation is 1. The van der Waals surface area contributed by atoms with E-state index in [9.17, 15) is 0 Å². The fraction of sp³-hybridized carbons (Fsp3) is 0.357. The first kappa shape index (κ1) is 13.4. The molecule has 0 bridgehead atoms. The monoisotopic (exact) mass is 280 g/mol. The molecule has 0 atom stereocenters. The molecule has 0 radical (unpaired) electrons. The summed E-state index contributed by atoms with van der Waals surface area (Å²) in [7, 11) is 0. The zero-order valence-electron chi connectivity index (χ0n) is 10.8. The molecule has 2 aromatic rings. The molecule has 4 heteroatoms. The fourth-order valence-electron chi connectivity index (χ4n) is 1.67. The number of nitrogens with one attached hydrogen (secondary N) is 1. The van der Waals surface area contributed by atoms with Gasteiger partial charge in [-0.1, -0.05) is 37.6 Å². The van der Waals surface area contributed by atoms with Crippen molar-refractivity contribution in [2.45, 2.75) is 20.8 Å². The Hall–Kier alpha value is -1.06. The highest BCUT2D eigenvalue weighted by Gasteiger charge is 2.10. The molecule has 1 aromatic carbocycles. The van der Waals surface area contributed by atoms with Crippen molar-refractivity contribution in [1.82, 2.24) is 4.98 Å². The highest BCUT2D eigenvalue weighted by Crippen LogP contribution is 2.31. The lowest BCUT2D eigenvalue weighted by atomic mass is 10.1. The molecule has 2 rings (SSSR count). The molecule has 0 fully saturated rings. The van der Waals surface area contributed by atoms with E-state index in [4.69, 9.17) is 11.6 Å². The van der Waals surface area contributed by atoms with E-state index in [1.165, 1.54) is 4.88 Å². The number of anilines is 1. The van der Waals surface area contributed by atoms with Crippen LogP contribution < -0.4 is 5.32 Å². The van der Waals surface area contributed by atoms with Gasteiger partial charge in [0.2, 0.25) is 0 Å². The van der Waals surface area contributed by atoms with Crippen molar-refractivity contribution in [2.75, 3.05) is 11.9 Å². The van der Waals surface area contributed by atoms with Gasteiger partial charge in [-0.25, -0.2) is 4.98 Å². The second-order valence-electron chi connectivity index (χ2n) is 4.71. The van der Waals surface area contributed by atoms with Crippen molar-refractivity contribution in [2.24, 2.45) is 5.92 Å². The van der Waals surface area contributed by atoms with Gasteiger partial charge < -0.3 is 5.32 Å². The summed E-state index contributed by atoms with van der Waals surface area (Å²) in [6.07, 6.45) is 0. The largest absolute Gasteiger partial charge is 0.361 e. The highest BCUT2D eigenvalue weighted by atomic mass is 35.5. The Labute approximate surface area is 117 Å². The number of thiazole rings is 1. The van der Waals surface area contributed by atoms with Gasteiger partial charge in [-0.2, -0.15) is 0 Å². The van der Waals surface area contributed by atoms with Gasteiger partial charge in [0.25, 0.3) is 0 Å². The third kappa shape index (κ3) is 3.24. The average Bonchev–Trinajstić information content (AvgIpc) is 2.68. The first-order valence-electron chi connectivity index (χ1n) is 6.03. The maximum absolute atomic E-state index is 6.02. The smallest absolute Gasteiger partial charge is 0.183 e. The first-order chi connectivity index (χ1) is 8.56. The van der Waals surface area contributed by atoms with E-state index in [1.807, 2.05) is 24.3 Å². The molecule has 0 saturated heterocycles. The molecule has 1 N–H and O–H groups in total. The molecule has 0 amide bonds. The Balaban J connectivity index is 2.24. The molecule has 0 saturated carbocycles. The Kier molecular flexibility index (Phi) is 4.25. The van der Waals surface area contributed by atoms with Crippen molar-refractivity contribution in [3.63, 3.8) is 0 Å². The number of benzene rings is 1. The van der Waals surface area contributed by atoms with Crippen LogP contribution in [0.4, 0.5) is 5.13 Å². The van der Waals surface area contributed by atoms with E-state index in [0.717, 1.165) is 28.0 Å². The molecule has 0 aliphatic carbocycles. The molecular formula is C14H17ClN2S. The number of halogens is 1. The number of rotatable bonds is 4. The van der Waals surface area contributed by atoms with Gasteiger partial charge in [-0.05, 0) is 25.0 Å². The third-order valence-electron chi connectivity index (χ3n) is 2.56.